The maximum absolute atomic E-state index is 13.0. The molecule has 0 saturated carbocycles. The minimum Gasteiger partial charge on any atom is -0.494 e. The largest absolute Gasteiger partial charge is 0.494 e. The summed E-state index contributed by atoms with van der Waals surface area (Å²) in [6.07, 6.45) is 2.87. The number of halogens is 1. The summed E-state index contributed by atoms with van der Waals surface area (Å²) in [5, 5.41) is 15.7. The second-order valence-electron chi connectivity index (χ2n) is 4.63. The SMILES string of the molecule is COc1cc([N+](=O)[O-])ccc1NC(=O)N/C=C/c1cccc(F)c1. The molecule has 0 bridgehead atoms. The van der Waals surface area contributed by atoms with Gasteiger partial charge in [0, 0.05) is 12.3 Å². The molecular weight excluding hydrogens is 317 g/mol. The van der Waals surface area contributed by atoms with Crippen molar-refractivity contribution in [2.24, 2.45) is 0 Å². The van der Waals surface area contributed by atoms with E-state index in [1.165, 1.54) is 49.7 Å². The fraction of sp³-hybridized carbons (Fsp3) is 0.0625. The molecule has 2 amide bonds. The van der Waals surface area contributed by atoms with Crippen LogP contribution in [0.3, 0.4) is 0 Å². The number of urea groups is 1. The molecule has 0 heterocycles. The molecule has 2 aromatic rings. The highest BCUT2D eigenvalue weighted by atomic mass is 19.1. The van der Waals surface area contributed by atoms with Crippen LogP contribution in [0, 0.1) is 15.9 Å². The van der Waals surface area contributed by atoms with E-state index in [2.05, 4.69) is 10.6 Å². The molecule has 0 radical (unpaired) electrons. The molecule has 24 heavy (non-hydrogen) atoms. The van der Waals surface area contributed by atoms with Gasteiger partial charge in [0.15, 0.2) is 0 Å². The van der Waals surface area contributed by atoms with Gasteiger partial charge in [0.1, 0.15) is 11.6 Å². The van der Waals surface area contributed by atoms with Crippen molar-refractivity contribution in [3.63, 3.8) is 0 Å². The zero-order valence-corrected chi connectivity index (χ0v) is 12.7. The Labute approximate surface area is 136 Å². The van der Waals surface area contributed by atoms with Crippen molar-refractivity contribution in [1.82, 2.24) is 5.32 Å². The number of benzene rings is 2. The van der Waals surface area contributed by atoms with Gasteiger partial charge in [0.25, 0.3) is 5.69 Å². The van der Waals surface area contributed by atoms with E-state index in [9.17, 15) is 19.3 Å². The maximum atomic E-state index is 13.0. The molecule has 2 aromatic carbocycles. The third-order valence-corrected chi connectivity index (χ3v) is 2.98. The number of anilines is 1. The van der Waals surface area contributed by atoms with Crippen molar-refractivity contribution in [3.8, 4) is 5.75 Å². The molecule has 8 heteroatoms. The van der Waals surface area contributed by atoms with Crippen LogP contribution in [0.2, 0.25) is 0 Å². The molecule has 0 fully saturated rings. The van der Waals surface area contributed by atoms with Gasteiger partial charge < -0.3 is 15.4 Å². The lowest BCUT2D eigenvalue weighted by molar-refractivity contribution is -0.384. The number of nitro groups is 1. The lowest BCUT2D eigenvalue weighted by Crippen LogP contribution is -2.24. The Bertz CT molecular complexity index is 793. The quantitative estimate of drug-likeness (QED) is 0.647. The smallest absolute Gasteiger partial charge is 0.323 e. The van der Waals surface area contributed by atoms with Crippen molar-refractivity contribution in [2.75, 3.05) is 12.4 Å². The number of hydrogen-bond donors (Lipinski definition) is 2. The van der Waals surface area contributed by atoms with Gasteiger partial charge in [-0.25, -0.2) is 9.18 Å². The molecule has 0 atom stereocenters. The Hall–Kier alpha value is -3.42. The third kappa shape index (κ3) is 4.54. The highest BCUT2D eigenvalue weighted by Gasteiger charge is 2.12. The van der Waals surface area contributed by atoms with Crippen molar-refractivity contribution in [1.29, 1.82) is 0 Å². The Morgan fingerprint density at radius 1 is 1.29 bits per heavy atom. The first-order valence-corrected chi connectivity index (χ1v) is 6.81. The van der Waals surface area contributed by atoms with Gasteiger partial charge in [0.05, 0.1) is 23.8 Å². The van der Waals surface area contributed by atoms with Crippen molar-refractivity contribution >= 4 is 23.5 Å². The Morgan fingerprint density at radius 2 is 2.08 bits per heavy atom. The van der Waals surface area contributed by atoms with Crippen LogP contribution in [0.1, 0.15) is 5.56 Å². The van der Waals surface area contributed by atoms with Gasteiger partial charge in [-0.2, -0.15) is 0 Å². The van der Waals surface area contributed by atoms with E-state index in [1.54, 1.807) is 12.1 Å². The standard InChI is InChI=1S/C16H14FN3O4/c1-24-15-10-13(20(22)23)5-6-14(15)19-16(21)18-8-7-11-3-2-4-12(17)9-11/h2-10H,1H3,(H2,18,19,21)/b8-7+. The average molecular weight is 331 g/mol. The Morgan fingerprint density at radius 3 is 2.75 bits per heavy atom. The van der Waals surface area contributed by atoms with Crippen LogP contribution in [-0.2, 0) is 0 Å². The number of carbonyl (C=O) groups is 1. The van der Waals surface area contributed by atoms with Crippen LogP contribution in [0.4, 0.5) is 20.6 Å². The van der Waals surface area contributed by atoms with E-state index in [0.717, 1.165) is 0 Å². The minimum absolute atomic E-state index is 0.149. The maximum Gasteiger partial charge on any atom is 0.323 e. The molecule has 2 rings (SSSR count). The van der Waals surface area contributed by atoms with Gasteiger partial charge >= 0.3 is 6.03 Å². The number of amides is 2. The number of carbonyl (C=O) groups excluding carboxylic acids is 1. The number of ether oxygens (including phenoxy) is 1. The highest BCUT2D eigenvalue weighted by molar-refractivity contribution is 5.92. The van der Waals surface area contributed by atoms with Crippen molar-refractivity contribution in [3.05, 3.63) is 70.2 Å². The average Bonchev–Trinajstić information content (AvgIpc) is 2.55. The van der Waals surface area contributed by atoms with Gasteiger partial charge in [-0.1, -0.05) is 12.1 Å². The van der Waals surface area contributed by atoms with Crippen LogP contribution in [-0.4, -0.2) is 18.1 Å². The summed E-state index contributed by atoms with van der Waals surface area (Å²) in [6, 6.07) is 9.12. The number of methoxy groups -OCH3 is 1. The van der Waals surface area contributed by atoms with Gasteiger partial charge in [-0.15, -0.1) is 0 Å². The summed E-state index contributed by atoms with van der Waals surface area (Å²) in [4.78, 5) is 22.0. The molecule has 0 aliphatic heterocycles. The summed E-state index contributed by atoms with van der Waals surface area (Å²) in [5.41, 5.74) is 0.715. The van der Waals surface area contributed by atoms with Crippen LogP contribution in [0.5, 0.6) is 5.75 Å². The van der Waals surface area contributed by atoms with Gasteiger partial charge in [-0.05, 0) is 29.8 Å². The van der Waals surface area contributed by atoms with Gasteiger partial charge in [0.2, 0.25) is 0 Å². The minimum atomic E-state index is -0.574. The van der Waals surface area contributed by atoms with E-state index in [4.69, 9.17) is 4.74 Å². The second-order valence-corrected chi connectivity index (χ2v) is 4.63. The lowest BCUT2D eigenvalue weighted by atomic mass is 10.2. The van der Waals surface area contributed by atoms with Crippen molar-refractivity contribution < 1.29 is 18.8 Å². The predicted octanol–water partition coefficient (Wildman–Crippen LogP) is 3.53. The van der Waals surface area contributed by atoms with E-state index in [-0.39, 0.29) is 22.9 Å². The normalized spacial score (nSPS) is 10.4. The summed E-state index contributed by atoms with van der Waals surface area (Å²) in [6.45, 7) is 0. The molecule has 124 valence electrons. The molecule has 2 N–H and O–H groups in total. The van der Waals surface area contributed by atoms with Crippen LogP contribution < -0.4 is 15.4 Å². The third-order valence-electron chi connectivity index (χ3n) is 2.98. The van der Waals surface area contributed by atoms with Gasteiger partial charge in [-0.3, -0.25) is 10.1 Å². The molecule has 0 aromatic heterocycles. The molecule has 7 nitrogen and oxygen atoms in total. The molecular formula is C16H14FN3O4. The summed E-state index contributed by atoms with van der Waals surface area (Å²) in [5.74, 6) is -0.217. The van der Waals surface area contributed by atoms with Crippen LogP contribution in [0.25, 0.3) is 6.08 Å². The van der Waals surface area contributed by atoms with E-state index < -0.39 is 11.0 Å². The first-order chi connectivity index (χ1) is 11.5. The summed E-state index contributed by atoms with van der Waals surface area (Å²) < 4.78 is 18.0. The lowest BCUT2D eigenvalue weighted by Gasteiger charge is -2.09. The molecule has 0 aliphatic carbocycles. The number of hydrogen-bond acceptors (Lipinski definition) is 4. The zero-order valence-electron chi connectivity index (χ0n) is 12.7. The fourth-order valence-electron chi connectivity index (χ4n) is 1.88. The molecule has 0 spiro atoms. The first-order valence-electron chi connectivity index (χ1n) is 6.81. The number of nitro benzene ring substituents is 1. The first kappa shape index (κ1) is 16.9. The number of rotatable bonds is 5. The predicted molar refractivity (Wildman–Crippen MR) is 87.2 cm³/mol. The topological polar surface area (TPSA) is 93.5 Å². The van der Waals surface area contributed by atoms with E-state index >= 15 is 0 Å². The van der Waals surface area contributed by atoms with Crippen LogP contribution >= 0.6 is 0 Å². The second kappa shape index (κ2) is 7.73. The molecule has 0 saturated heterocycles. The summed E-state index contributed by atoms with van der Waals surface area (Å²) >= 11 is 0. The van der Waals surface area contributed by atoms with Crippen molar-refractivity contribution in [2.45, 2.75) is 0 Å². The van der Waals surface area contributed by atoms with E-state index in [1.807, 2.05) is 0 Å². The number of nitrogens with zero attached hydrogens (tertiary/aromatic N) is 1. The molecule has 0 unspecified atom stereocenters. The number of non-ortho nitro benzene ring substituents is 1. The van der Waals surface area contributed by atoms with E-state index in [0.29, 0.717) is 5.56 Å². The zero-order chi connectivity index (χ0) is 17.5. The number of nitrogens with one attached hydrogen (secondary N) is 2. The molecule has 0 aliphatic rings. The Kier molecular flexibility index (Phi) is 5.45. The highest BCUT2D eigenvalue weighted by Crippen LogP contribution is 2.28. The fourth-order valence-corrected chi connectivity index (χ4v) is 1.88. The summed E-state index contributed by atoms with van der Waals surface area (Å²) in [7, 11) is 1.34. The van der Waals surface area contributed by atoms with Crippen LogP contribution in [0.15, 0.2) is 48.7 Å². The Balaban J connectivity index is 2.00. The monoisotopic (exact) mass is 331 g/mol.